The minimum absolute atomic E-state index is 0.0610. The lowest BCUT2D eigenvalue weighted by Gasteiger charge is -2.40. The van der Waals surface area contributed by atoms with Gasteiger partial charge in [-0.1, -0.05) is 38.1 Å². The molecule has 0 unspecified atom stereocenters. The van der Waals surface area contributed by atoms with Crippen LogP contribution in [0.4, 0.5) is 10.1 Å². The molecule has 6 rings (SSSR count). The first-order valence-corrected chi connectivity index (χ1v) is 18.5. The lowest BCUT2D eigenvalue weighted by molar-refractivity contribution is -0.136. The molecule has 1 fully saturated rings. The maximum atomic E-state index is 13.7. The highest BCUT2D eigenvalue weighted by atomic mass is 19.1. The van der Waals surface area contributed by atoms with E-state index in [1.165, 1.54) is 11.1 Å². The van der Waals surface area contributed by atoms with Crippen LogP contribution in [0.5, 0.6) is 0 Å². The highest BCUT2D eigenvalue weighted by Gasteiger charge is 2.31. The van der Waals surface area contributed by atoms with Crippen molar-refractivity contribution in [2.75, 3.05) is 24.5 Å². The molecule has 0 saturated carbocycles. The van der Waals surface area contributed by atoms with Crippen molar-refractivity contribution in [1.82, 2.24) is 20.2 Å². The van der Waals surface area contributed by atoms with Crippen LogP contribution in [-0.2, 0) is 43.8 Å². The summed E-state index contributed by atoms with van der Waals surface area (Å²) < 4.78 is 13.7. The second kappa shape index (κ2) is 16.7. The number of aromatic nitrogens is 2. The zero-order valence-electron chi connectivity index (χ0n) is 32.0. The monoisotopic (exact) mass is 709 g/mol. The van der Waals surface area contributed by atoms with Crippen LogP contribution in [0, 0.1) is 25.1 Å². The Bertz CT molecular complexity index is 1840. The SMILES string of the molecule is CC(C)(C)O.Cc1cc(F)ccc1CN1CCc2cc(-c3c(CNCc4ccncc4)nc(C)c(CC(=O)O)c3N3CCC(C)(C)CC3)ccc2C1. The largest absolute Gasteiger partial charge is 0.481 e. The molecular formula is C43H56FN5O3. The normalized spacial score (nSPS) is 15.8. The fourth-order valence-electron chi connectivity index (χ4n) is 7.07. The van der Waals surface area contributed by atoms with Crippen molar-refractivity contribution in [3.8, 4) is 11.1 Å². The molecule has 0 radical (unpaired) electrons. The number of halogens is 1. The number of aliphatic carboxylic acids is 1. The van der Waals surface area contributed by atoms with Gasteiger partial charge in [0.25, 0.3) is 0 Å². The van der Waals surface area contributed by atoms with Gasteiger partial charge in [-0.05, 0) is 117 Å². The summed E-state index contributed by atoms with van der Waals surface area (Å²) in [6, 6.07) is 15.8. The van der Waals surface area contributed by atoms with Crippen LogP contribution < -0.4 is 10.2 Å². The van der Waals surface area contributed by atoms with Gasteiger partial charge in [0.15, 0.2) is 0 Å². The highest BCUT2D eigenvalue weighted by Crippen LogP contribution is 2.42. The minimum atomic E-state index is -0.843. The molecule has 0 atom stereocenters. The van der Waals surface area contributed by atoms with E-state index < -0.39 is 11.6 Å². The van der Waals surface area contributed by atoms with Crippen LogP contribution in [0.2, 0.25) is 0 Å². The second-order valence-corrected chi connectivity index (χ2v) is 16.2. The third-order valence-electron chi connectivity index (χ3n) is 9.97. The number of carbonyl (C=O) groups is 1. The predicted octanol–water partition coefficient (Wildman–Crippen LogP) is 7.78. The number of fused-ring (bicyclic) bond motifs is 1. The quantitative estimate of drug-likeness (QED) is 0.154. The van der Waals surface area contributed by atoms with Crippen molar-refractivity contribution in [2.45, 2.75) is 106 Å². The molecule has 0 bridgehead atoms. The Morgan fingerprint density at radius 3 is 2.31 bits per heavy atom. The molecule has 0 aliphatic carbocycles. The van der Waals surface area contributed by atoms with E-state index in [1.807, 2.05) is 32.0 Å². The number of rotatable bonds is 10. The van der Waals surface area contributed by atoms with E-state index in [-0.39, 0.29) is 17.7 Å². The Labute approximate surface area is 309 Å². The van der Waals surface area contributed by atoms with E-state index in [9.17, 15) is 14.3 Å². The number of carboxylic acid groups (broad SMARTS) is 1. The van der Waals surface area contributed by atoms with E-state index in [0.29, 0.717) is 13.1 Å². The smallest absolute Gasteiger partial charge is 0.307 e. The van der Waals surface area contributed by atoms with Gasteiger partial charge >= 0.3 is 5.97 Å². The topological polar surface area (TPSA) is 102 Å². The van der Waals surface area contributed by atoms with Crippen LogP contribution in [-0.4, -0.2) is 56.3 Å². The first kappa shape index (κ1) is 39.0. The molecule has 3 N–H and O–H groups in total. The van der Waals surface area contributed by atoms with Crippen LogP contribution in [0.25, 0.3) is 11.1 Å². The van der Waals surface area contributed by atoms with E-state index in [4.69, 9.17) is 10.1 Å². The maximum Gasteiger partial charge on any atom is 0.307 e. The fraction of sp³-hybridized carbons (Fsp3) is 0.465. The van der Waals surface area contributed by atoms with Crippen molar-refractivity contribution in [2.24, 2.45) is 5.41 Å². The molecule has 2 aliphatic rings. The fourth-order valence-corrected chi connectivity index (χ4v) is 7.07. The Hall–Kier alpha value is -4.18. The summed E-state index contributed by atoms with van der Waals surface area (Å²) in [6.45, 7) is 19.3. The average molecular weight is 710 g/mol. The van der Waals surface area contributed by atoms with Gasteiger partial charge < -0.3 is 20.4 Å². The number of aryl methyl sites for hydroxylation is 2. The van der Waals surface area contributed by atoms with E-state index >= 15 is 0 Å². The third kappa shape index (κ3) is 10.7. The average Bonchev–Trinajstić information content (AvgIpc) is 3.06. The number of benzene rings is 2. The lowest BCUT2D eigenvalue weighted by atomic mass is 9.81. The van der Waals surface area contributed by atoms with Gasteiger partial charge in [0.2, 0.25) is 0 Å². The number of nitrogens with zero attached hydrogens (tertiary/aromatic N) is 4. The number of carboxylic acids is 1. The molecule has 1 saturated heterocycles. The van der Waals surface area contributed by atoms with Crippen molar-refractivity contribution >= 4 is 11.7 Å². The number of aliphatic hydroxyl groups is 1. The molecule has 278 valence electrons. The number of nitrogens with one attached hydrogen (secondary N) is 1. The van der Waals surface area contributed by atoms with Crippen molar-refractivity contribution < 1.29 is 19.4 Å². The molecule has 2 aliphatic heterocycles. The van der Waals surface area contributed by atoms with E-state index in [1.54, 1.807) is 45.3 Å². The number of hydrogen-bond acceptors (Lipinski definition) is 7. The minimum Gasteiger partial charge on any atom is -0.481 e. The summed E-state index contributed by atoms with van der Waals surface area (Å²) in [7, 11) is 0. The molecule has 4 aromatic rings. The van der Waals surface area contributed by atoms with Gasteiger partial charge in [0, 0.05) is 75.0 Å². The second-order valence-electron chi connectivity index (χ2n) is 16.2. The Kier molecular flexibility index (Phi) is 12.5. The number of anilines is 1. The van der Waals surface area contributed by atoms with Crippen molar-refractivity contribution in [1.29, 1.82) is 0 Å². The Morgan fingerprint density at radius 2 is 1.65 bits per heavy atom. The van der Waals surface area contributed by atoms with Crippen LogP contribution in [0.3, 0.4) is 0 Å². The van der Waals surface area contributed by atoms with Gasteiger partial charge in [0.1, 0.15) is 5.82 Å². The molecule has 0 spiro atoms. The summed E-state index contributed by atoms with van der Waals surface area (Å²) in [4.78, 5) is 26.3. The van der Waals surface area contributed by atoms with Gasteiger partial charge in [0.05, 0.1) is 23.4 Å². The van der Waals surface area contributed by atoms with Gasteiger partial charge in [-0.15, -0.1) is 0 Å². The van der Waals surface area contributed by atoms with Gasteiger partial charge in [-0.2, -0.15) is 0 Å². The number of piperidine rings is 1. The van der Waals surface area contributed by atoms with Crippen molar-refractivity contribution in [3.63, 3.8) is 0 Å². The summed E-state index contributed by atoms with van der Waals surface area (Å²) in [5, 5.41) is 22.2. The molecule has 4 heterocycles. The molecule has 2 aromatic carbocycles. The Balaban J connectivity index is 0.000000979. The van der Waals surface area contributed by atoms with Gasteiger partial charge in [-0.25, -0.2) is 4.39 Å². The predicted molar refractivity (Wildman–Crippen MR) is 207 cm³/mol. The summed E-state index contributed by atoms with van der Waals surface area (Å²) >= 11 is 0. The Morgan fingerprint density at radius 1 is 0.962 bits per heavy atom. The van der Waals surface area contributed by atoms with Crippen LogP contribution in [0.15, 0.2) is 60.9 Å². The summed E-state index contributed by atoms with van der Waals surface area (Å²) in [6.07, 6.45) is 6.54. The van der Waals surface area contributed by atoms with Gasteiger partial charge in [-0.3, -0.25) is 19.7 Å². The molecule has 9 heteroatoms. The van der Waals surface area contributed by atoms with Crippen molar-refractivity contribution in [3.05, 3.63) is 112 Å². The molecular weight excluding hydrogens is 654 g/mol. The molecule has 0 amide bonds. The van der Waals surface area contributed by atoms with Crippen LogP contribution in [0.1, 0.15) is 92.2 Å². The zero-order valence-corrected chi connectivity index (χ0v) is 32.0. The van der Waals surface area contributed by atoms with E-state index in [0.717, 1.165) is 102 Å². The van der Waals surface area contributed by atoms with Crippen LogP contribution >= 0.6 is 0 Å². The molecule has 2 aromatic heterocycles. The molecule has 52 heavy (non-hydrogen) atoms. The molecule has 8 nitrogen and oxygen atoms in total. The summed E-state index contributed by atoms with van der Waals surface area (Å²) in [5.41, 5.74) is 11.3. The highest BCUT2D eigenvalue weighted by molar-refractivity contribution is 5.87. The standard InChI is InChI=1S/C39H46FN5O2.C4H10O/c1-26-19-33(40)8-7-31(26)24-44-16-11-29-20-30(5-6-32(29)25-44)37-35(23-42-22-28-9-14-41-15-10-28)43-27(2)34(21-36(46)47)38(37)45-17-12-39(3,4)13-18-45;1-4(2,3)5/h5-10,14-15,19-20,42H,11-13,16-18,21-25H2,1-4H3,(H,46,47);5H,1-3H3. The zero-order chi connectivity index (χ0) is 37.6. The number of pyridine rings is 2. The lowest BCUT2D eigenvalue weighted by Crippen LogP contribution is -2.38. The third-order valence-corrected chi connectivity index (χ3v) is 9.97. The van der Waals surface area contributed by atoms with E-state index in [2.05, 4.69) is 52.1 Å². The first-order chi connectivity index (χ1) is 24.6. The summed E-state index contributed by atoms with van der Waals surface area (Å²) in [5.74, 6) is -1.04. The first-order valence-electron chi connectivity index (χ1n) is 18.5. The number of hydrogen-bond donors (Lipinski definition) is 3. The maximum absolute atomic E-state index is 13.7.